The first-order valence-corrected chi connectivity index (χ1v) is 11.7. The number of pyridine rings is 1. The van der Waals surface area contributed by atoms with Crippen molar-refractivity contribution >= 4 is 39.3 Å². The van der Waals surface area contributed by atoms with Crippen molar-refractivity contribution in [2.75, 3.05) is 26.6 Å². The van der Waals surface area contributed by atoms with Crippen LogP contribution in [-0.4, -0.2) is 38.4 Å². The van der Waals surface area contributed by atoms with Gasteiger partial charge < -0.3 is 29.6 Å². The lowest BCUT2D eigenvalue weighted by Gasteiger charge is -2.17. The smallest absolute Gasteiger partial charge is 0.407 e. The Morgan fingerprint density at radius 1 is 0.889 bits per heavy atom. The van der Waals surface area contributed by atoms with E-state index in [0.29, 0.717) is 11.5 Å². The highest BCUT2D eigenvalue weighted by atomic mass is 16.5. The number of nitrogens with zero attached hydrogens (tertiary/aromatic N) is 1. The Kier molecular flexibility index (Phi) is 7.33. The van der Waals surface area contributed by atoms with Gasteiger partial charge in [-0.25, -0.2) is 9.78 Å². The number of ether oxygens (including phenoxy) is 4. The lowest BCUT2D eigenvalue weighted by molar-refractivity contribution is 0.137. The number of aryl methyl sites for hydroxylation is 1. The van der Waals surface area contributed by atoms with Crippen LogP contribution in [0.25, 0.3) is 21.8 Å². The van der Waals surface area contributed by atoms with E-state index in [4.69, 9.17) is 23.9 Å². The van der Waals surface area contributed by atoms with Crippen LogP contribution in [0.2, 0.25) is 0 Å². The van der Waals surface area contributed by atoms with Gasteiger partial charge in [-0.3, -0.25) is 0 Å². The van der Waals surface area contributed by atoms with E-state index in [1.54, 1.807) is 21.3 Å². The van der Waals surface area contributed by atoms with Gasteiger partial charge in [0, 0.05) is 28.6 Å². The molecule has 0 aliphatic rings. The number of anilines is 2. The van der Waals surface area contributed by atoms with Gasteiger partial charge >= 0.3 is 6.09 Å². The molecule has 4 aromatic rings. The maximum absolute atomic E-state index is 11.9. The molecule has 0 unspecified atom stereocenters. The van der Waals surface area contributed by atoms with E-state index in [2.05, 4.69) is 10.6 Å². The molecule has 0 saturated heterocycles. The van der Waals surface area contributed by atoms with E-state index in [1.807, 2.05) is 69.3 Å². The van der Waals surface area contributed by atoms with Crippen molar-refractivity contribution in [1.29, 1.82) is 0 Å². The number of hydrogen-bond donors (Lipinski definition) is 2. The number of aromatic nitrogens is 1. The van der Waals surface area contributed by atoms with E-state index in [1.165, 1.54) is 0 Å². The normalized spacial score (nSPS) is 11.0. The third-order valence-corrected chi connectivity index (χ3v) is 5.77. The minimum atomic E-state index is -0.446. The fourth-order valence-electron chi connectivity index (χ4n) is 4.07. The van der Waals surface area contributed by atoms with E-state index in [9.17, 15) is 4.79 Å². The van der Waals surface area contributed by atoms with Crippen molar-refractivity contribution in [1.82, 2.24) is 10.3 Å². The topological polar surface area (TPSA) is 90.9 Å². The van der Waals surface area contributed by atoms with Crippen molar-refractivity contribution in [2.24, 2.45) is 0 Å². The molecule has 3 aromatic carbocycles. The molecular weight excluding hydrogens is 458 g/mol. The molecule has 0 radical (unpaired) electrons. The van der Waals surface area contributed by atoms with Gasteiger partial charge in [0.25, 0.3) is 0 Å². The summed E-state index contributed by atoms with van der Waals surface area (Å²) in [6.07, 6.45) is -0.446. The highest BCUT2D eigenvalue weighted by molar-refractivity contribution is 6.10. The monoisotopic (exact) mass is 489 g/mol. The summed E-state index contributed by atoms with van der Waals surface area (Å²) in [4.78, 5) is 16.8. The van der Waals surface area contributed by atoms with E-state index in [-0.39, 0.29) is 12.6 Å². The van der Waals surface area contributed by atoms with Crippen LogP contribution in [0.1, 0.15) is 25.0 Å². The lowest BCUT2D eigenvalue weighted by atomic mass is 10.0. The second kappa shape index (κ2) is 10.6. The largest absolute Gasteiger partial charge is 0.496 e. The van der Waals surface area contributed by atoms with Gasteiger partial charge in [-0.05, 0) is 62.2 Å². The molecule has 188 valence electrons. The number of rotatable bonds is 8. The van der Waals surface area contributed by atoms with Gasteiger partial charge in [-0.2, -0.15) is 0 Å². The molecule has 0 bridgehead atoms. The number of carbonyl (C=O) groups excluding carboxylic acids is 1. The molecule has 8 heteroatoms. The van der Waals surface area contributed by atoms with Crippen LogP contribution in [0.5, 0.6) is 17.2 Å². The summed E-state index contributed by atoms with van der Waals surface area (Å²) < 4.78 is 22.0. The van der Waals surface area contributed by atoms with Gasteiger partial charge in [0.1, 0.15) is 12.4 Å². The Morgan fingerprint density at radius 3 is 2.19 bits per heavy atom. The maximum Gasteiger partial charge on any atom is 0.407 e. The van der Waals surface area contributed by atoms with Crippen LogP contribution < -0.4 is 24.8 Å². The van der Waals surface area contributed by atoms with Crippen LogP contribution in [0.15, 0.2) is 48.5 Å². The zero-order valence-corrected chi connectivity index (χ0v) is 21.4. The average Bonchev–Trinajstić information content (AvgIpc) is 2.86. The predicted octanol–water partition coefficient (Wildman–Crippen LogP) is 6.10. The molecule has 1 amide bonds. The molecule has 1 aromatic heterocycles. The lowest BCUT2D eigenvalue weighted by Crippen LogP contribution is -2.30. The average molecular weight is 490 g/mol. The Hall–Kier alpha value is -4.20. The number of amides is 1. The summed E-state index contributed by atoms with van der Waals surface area (Å²) in [6.45, 7) is 5.92. The molecule has 36 heavy (non-hydrogen) atoms. The molecule has 1 heterocycles. The molecule has 0 fully saturated rings. The summed E-state index contributed by atoms with van der Waals surface area (Å²) >= 11 is 0. The van der Waals surface area contributed by atoms with Crippen LogP contribution in [0.4, 0.5) is 16.2 Å². The Bertz CT molecular complexity index is 1420. The van der Waals surface area contributed by atoms with E-state index < -0.39 is 6.09 Å². The number of carbonyl (C=O) groups is 1. The van der Waals surface area contributed by atoms with Crippen LogP contribution in [0.3, 0.4) is 0 Å². The highest BCUT2D eigenvalue weighted by Gasteiger charge is 2.16. The standard InChI is InChI=1S/C28H31N3O5/c1-16(2)29-28(32)36-15-18-8-7-9-19(11-18)30-27-20-12-24(33-4)17(3)10-22(20)31-23-14-26(35-6)25(34-5)13-21(23)27/h7-14,16H,15H2,1-6H3,(H,29,32)(H,30,31). The number of nitrogens with one attached hydrogen (secondary N) is 2. The highest BCUT2D eigenvalue weighted by Crippen LogP contribution is 2.40. The maximum atomic E-state index is 11.9. The Balaban J connectivity index is 1.80. The van der Waals surface area contributed by atoms with Crippen molar-refractivity contribution in [3.8, 4) is 17.2 Å². The van der Waals surface area contributed by atoms with E-state index >= 15 is 0 Å². The summed E-state index contributed by atoms with van der Waals surface area (Å²) in [5.41, 5.74) is 5.11. The number of fused-ring (bicyclic) bond motifs is 2. The number of alkyl carbamates (subject to hydrolysis) is 1. The van der Waals surface area contributed by atoms with E-state index in [0.717, 1.165) is 50.1 Å². The zero-order chi connectivity index (χ0) is 25.8. The molecular formula is C28H31N3O5. The number of methoxy groups -OCH3 is 3. The van der Waals surface area contributed by atoms with Gasteiger partial charge in [-0.1, -0.05) is 12.1 Å². The van der Waals surface area contributed by atoms with Crippen LogP contribution in [-0.2, 0) is 11.3 Å². The number of benzene rings is 3. The van der Waals surface area contributed by atoms with Crippen LogP contribution >= 0.6 is 0 Å². The minimum Gasteiger partial charge on any atom is -0.496 e. The van der Waals surface area contributed by atoms with Gasteiger partial charge in [0.15, 0.2) is 11.5 Å². The molecule has 0 saturated carbocycles. The second-order valence-corrected chi connectivity index (χ2v) is 8.75. The van der Waals surface area contributed by atoms with Crippen molar-refractivity contribution in [3.63, 3.8) is 0 Å². The fourth-order valence-corrected chi connectivity index (χ4v) is 4.07. The first-order chi connectivity index (χ1) is 17.3. The SMILES string of the molecule is COc1cc2c(Nc3cccc(COC(=O)NC(C)C)c3)c3cc(OC)c(OC)cc3nc2cc1C. The third-order valence-electron chi connectivity index (χ3n) is 5.77. The molecule has 0 aliphatic carbocycles. The van der Waals surface area contributed by atoms with Gasteiger partial charge in [0.05, 0.1) is 38.1 Å². The first kappa shape index (κ1) is 24.9. The summed E-state index contributed by atoms with van der Waals surface area (Å²) in [6, 6.07) is 15.5. The van der Waals surface area contributed by atoms with Gasteiger partial charge in [0.2, 0.25) is 0 Å². The predicted molar refractivity (Wildman–Crippen MR) is 142 cm³/mol. The Labute approximate surface area is 210 Å². The van der Waals surface area contributed by atoms with Crippen LogP contribution in [0, 0.1) is 6.92 Å². The first-order valence-electron chi connectivity index (χ1n) is 11.7. The zero-order valence-electron chi connectivity index (χ0n) is 21.4. The number of hydrogen-bond acceptors (Lipinski definition) is 7. The van der Waals surface area contributed by atoms with Gasteiger partial charge in [-0.15, -0.1) is 0 Å². The summed E-state index contributed by atoms with van der Waals surface area (Å²) in [5, 5.41) is 8.05. The molecule has 0 atom stereocenters. The Morgan fingerprint density at radius 2 is 1.53 bits per heavy atom. The van der Waals surface area contributed by atoms with Crippen molar-refractivity contribution < 1.29 is 23.7 Å². The molecule has 4 rings (SSSR count). The summed E-state index contributed by atoms with van der Waals surface area (Å²) in [7, 11) is 4.87. The molecule has 2 N–H and O–H groups in total. The second-order valence-electron chi connectivity index (χ2n) is 8.75. The quantitative estimate of drug-likeness (QED) is 0.289. The fraction of sp³-hybridized carbons (Fsp3) is 0.286. The summed E-state index contributed by atoms with van der Waals surface area (Å²) in [5.74, 6) is 1.98. The van der Waals surface area contributed by atoms with Crippen molar-refractivity contribution in [2.45, 2.75) is 33.4 Å². The molecule has 0 spiro atoms. The molecule has 0 aliphatic heterocycles. The van der Waals surface area contributed by atoms with Crippen molar-refractivity contribution in [3.05, 3.63) is 59.7 Å². The molecule has 8 nitrogen and oxygen atoms in total. The third kappa shape index (κ3) is 5.22. The minimum absolute atomic E-state index is 0.00926.